The van der Waals surface area contributed by atoms with Gasteiger partial charge in [-0.1, -0.05) is 30.3 Å². The number of para-hydroxylation sites is 3. The normalized spacial score (nSPS) is 13.4. The fourth-order valence-electron chi connectivity index (χ4n) is 3.12. The summed E-state index contributed by atoms with van der Waals surface area (Å²) in [5.74, 6) is 0.443. The number of hydrogen-bond acceptors (Lipinski definition) is 3. The van der Waals surface area contributed by atoms with Gasteiger partial charge in [0.2, 0.25) is 5.91 Å². The number of fused-ring (bicyclic) bond motifs is 2. The predicted octanol–water partition coefficient (Wildman–Crippen LogP) is 2.60. The Hall–Kier alpha value is -3.28. The lowest BCUT2D eigenvalue weighted by molar-refractivity contribution is -0.122. The zero-order valence-corrected chi connectivity index (χ0v) is 14.2. The molecule has 0 spiro atoms. The van der Waals surface area contributed by atoms with Gasteiger partial charge in [0.05, 0.1) is 12.2 Å². The number of aromatic nitrogens is 1. The average molecular weight is 349 g/mol. The summed E-state index contributed by atoms with van der Waals surface area (Å²) in [6.07, 6.45) is 0.236. The molecule has 2 N–H and O–H groups in total. The third-order valence-corrected chi connectivity index (χ3v) is 4.43. The number of hydrogen-bond donors (Lipinski definition) is 2. The van der Waals surface area contributed by atoms with Crippen molar-refractivity contribution in [3.8, 4) is 5.75 Å². The zero-order valence-electron chi connectivity index (χ0n) is 14.2. The van der Waals surface area contributed by atoms with Crippen molar-refractivity contribution in [3.05, 3.63) is 60.3 Å². The number of ether oxygens (including phenoxy) is 1. The third-order valence-electron chi connectivity index (χ3n) is 4.43. The summed E-state index contributed by atoms with van der Waals surface area (Å²) in [7, 11) is 0. The van der Waals surface area contributed by atoms with Crippen molar-refractivity contribution < 1.29 is 14.3 Å². The quantitative estimate of drug-likeness (QED) is 0.743. The van der Waals surface area contributed by atoms with Crippen LogP contribution in [0.25, 0.3) is 10.9 Å². The number of carbonyl (C=O) groups is 2. The highest BCUT2D eigenvalue weighted by atomic mass is 16.5. The first-order chi connectivity index (χ1) is 12.7. The largest absolute Gasteiger partial charge is 0.482 e. The highest BCUT2D eigenvalue weighted by molar-refractivity contribution is 5.98. The molecule has 132 valence electrons. The highest BCUT2D eigenvalue weighted by Crippen LogP contribution is 2.31. The lowest BCUT2D eigenvalue weighted by Crippen LogP contribution is -2.41. The van der Waals surface area contributed by atoms with E-state index < -0.39 is 0 Å². The van der Waals surface area contributed by atoms with E-state index in [0.717, 1.165) is 16.6 Å². The van der Waals surface area contributed by atoms with Gasteiger partial charge in [-0.2, -0.15) is 0 Å². The maximum atomic E-state index is 12.2. The van der Waals surface area contributed by atoms with Crippen molar-refractivity contribution >= 4 is 28.4 Å². The Morgan fingerprint density at radius 2 is 1.96 bits per heavy atom. The van der Waals surface area contributed by atoms with Crippen molar-refractivity contribution in [2.45, 2.75) is 13.0 Å². The van der Waals surface area contributed by atoms with Crippen LogP contribution in [0.1, 0.15) is 12.1 Å². The topological polar surface area (TPSA) is 74.4 Å². The highest BCUT2D eigenvalue weighted by Gasteiger charge is 2.25. The summed E-state index contributed by atoms with van der Waals surface area (Å²) in [5, 5.41) is 4.02. The van der Waals surface area contributed by atoms with E-state index in [4.69, 9.17) is 4.74 Å². The molecular formula is C20H19N3O3. The molecule has 2 aromatic carbocycles. The van der Waals surface area contributed by atoms with E-state index in [1.54, 1.807) is 4.90 Å². The second-order valence-electron chi connectivity index (χ2n) is 6.21. The number of anilines is 1. The molecule has 6 nitrogen and oxygen atoms in total. The molecule has 0 saturated heterocycles. The molecule has 0 bridgehead atoms. The van der Waals surface area contributed by atoms with Gasteiger partial charge in [-0.05, 0) is 29.7 Å². The number of nitrogens with zero attached hydrogens (tertiary/aromatic N) is 1. The minimum absolute atomic E-state index is 0.00764. The smallest absolute Gasteiger partial charge is 0.265 e. The van der Waals surface area contributed by atoms with Crippen molar-refractivity contribution in [2.24, 2.45) is 0 Å². The Bertz CT molecular complexity index is 931. The van der Waals surface area contributed by atoms with E-state index in [0.29, 0.717) is 24.5 Å². The molecule has 1 aliphatic rings. The molecule has 3 aromatic rings. The maximum absolute atomic E-state index is 12.2. The van der Waals surface area contributed by atoms with Crippen LogP contribution in [0.2, 0.25) is 0 Å². The Kier molecular flexibility index (Phi) is 4.31. The first kappa shape index (κ1) is 16.2. The SMILES string of the molecule is O=C(CCN1C(=O)COc2ccccc21)NCc1cc2ccccc2[nH]1. The van der Waals surface area contributed by atoms with Crippen LogP contribution < -0.4 is 15.0 Å². The third kappa shape index (κ3) is 3.26. The summed E-state index contributed by atoms with van der Waals surface area (Å²) in [6.45, 7) is 0.770. The van der Waals surface area contributed by atoms with Crippen molar-refractivity contribution in [3.63, 3.8) is 0 Å². The van der Waals surface area contributed by atoms with Crippen LogP contribution in [0.4, 0.5) is 5.69 Å². The van der Waals surface area contributed by atoms with Gasteiger partial charge >= 0.3 is 0 Å². The van der Waals surface area contributed by atoms with Crippen LogP contribution >= 0.6 is 0 Å². The van der Waals surface area contributed by atoms with E-state index in [1.807, 2.05) is 54.6 Å². The van der Waals surface area contributed by atoms with E-state index in [-0.39, 0.29) is 24.8 Å². The molecule has 4 rings (SSSR count). The van der Waals surface area contributed by atoms with Crippen LogP contribution in [0.3, 0.4) is 0 Å². The molecule has 0 radical (unpaired) electrons. The molecule has 1 aliphatic heterocycles. The first-order valence-corrected chi connectivity index (χ1v) is 8.56. The standard InChI is InChI=1S/C20H19N3O3/c24-19(21-12-15-11-14-5-1-2-6-16(14)22-15)9-10-23-17-7-3-4-8-18(17)26-13-20(23)25/h1-8,11,22H,9-10,12-13H2,(H,21,24). The van der Waals surface area contributed by atoms with Crippen LogP contribution in [-0.2, 0) is 16.1 Å². The minimum atomic E-state index is -0.132. The lowest BCUT2D eigenvalue weighted by Gasteiger charge is -2.29. The molecule has 1 aromatic heterocycles. The van der Waals surface area contributed by atoms with Crippen molar-refractivity contribution in [1.82, 2.24) is 10.3 Å². The molecule has 6 heteroatoms. The zero-order chi connectivity index (χ0) is 17.9. The van der Waals surface area contributed by atoms with Crippen LogP contribution in [0.15, 0.2) is 54.6 Å². The molecule has 2 heterocycles. The summed E-state index contributed by atoms with van der Waals surface area (Å²) < 4.78 is 5.41. The summed E-state index contributed by atoms with van der Waals surface area (Å²) in [6, 6.07) is 17.4. The molecule has 0 aliphatic carbocycles. The molecule has 0 unspecified atom stereocenters. The average Bonchev–Trinajstić information content (AvgIpc) is 3.08. The van der Waals surface area contributed by atoms with Gasteiger partial charge in [0.15, 0.2) is 6.61 Å². The number of amides is 2. The predicted molar refractivity (Wildman–Crippen MR) is 99.1 cm³/mol. The Labute approximate surface area is 150 Å². The number of carbonyl (C=O) groups excluding carboxylic acids is 2. The van der Waals surface area contributed by atoms with Gasteiger partial charge in [-0.3, -0.25) is 9.59 Å². The second kappa shape index (κ2) is 6.92. The molecule has 0 fully saturated rings. The van der Waals surface area contributed by atoms with Gasteiger partial charge in [0, 0.05) is 24.2 Å². The number of aromatic amines is 1. The van der Waals surface area contributed by atoms with Gasteiger partial charge in [0.25, 0.3) is 5.91 Å². The van der Waals surface area contributed by atoms with Gasteiger partial charge < -0.3 is 19.9 Å². The van der Waals surface area contributed by atoms with E-state index in [2.05, 4.69) is 10.3 Å². The molecule has 0 saturated carbocycles. The van der Waals surface area contributed by atoms with Gasteiger partial charge in [-0.25, -0.2) is 0 Å². The molecule has 26 heavy (non-hydrogen) atoms. The Morgan fingerprint density at radius 3 is 2.85 bits per heavy atom. The van der Waals surface area contributed by atoms with E-state index in [9.17, 15) is 9.59 Å². The van der Waals surface area contributed by atoms with Gasteiger partial charge in [-0.15, -0.1) is 0 Å². The molecule has 2 amide bonds. The van der Waals surface area contributed by atoms with Crippen LogP contribution in [0, 0.1) is 0 Å². The lowest BCUT2D eigenvalue weighted by atomic mass is 10.2. The second-order valence-corrected chi connectivity index (χ2v) is 6.21. The van der Waals surface area contributed by atoms with Crippen molar-refractivity contribution in [1.29, 1.82) is 0 Å². The fraction of sp³-hybridized carbons (Fsp3) is 0.200. The fourth-order valence-corrected chi connectivity index (χ4v) is 3.12. The summed E-state index contributed by atoms with van der Waals surface area (Å²) >= 11 is 0. The van der Waals surface area contributed by atoms with Crippen LogP contribution in [0.5, 0.6) is 5.75 Å². The Morgan fingerprint density at radius 1 is 1.15 bits per heavy atom. The summed E-state index contributed by atoms with van der Waals surface area (Å²) in [4.78, 5) is 29.2. The molecular weight excluding hydrogens is 330 g/mol. The van der Waals surface area contributed by atoms with Crippen LogP contribution in [-0.4, -0.2) is 29.9 Å². The number of rotatable bonds is 5. The minimum Gasteiger partial charge on any atom is -0.482 e. The van der Waals surface area contributed by atoms with E-state index in [1.165, 1.54) is 0 Å². The summed E-state index contributed by atoms with van der Waals surface area (Å²) in [5.41, 5.74) is 2.71. The van der Waals surface area contributed by atoms with E-state index >= 15 is 0 Å². The monoisotopic (exact) mass is 349 g/mol. The number of H-pyrrole nitrogens is 1. The number of nitrogens with one attached hydrogen (secondary N) is 2. The number of benzene rings is 2. The first-order valence-electron chi connectivity index (χ1n) is 8.56. The van der Waals surface area contributed by atoms with Gasteiger partial charge in [0.1, 0.15) is 5.75 Å². The van der Waals surface area contributed by atoms with Crippen molar-refractivity contribution in [2.75, 3.05) is 18.1 Å². The Balaban J connectivity index is 1.34. The molecule has 0 atom stereocenters. The maximum Gasteiger partial charge on any atom is 0.265 e.